The van der Waals surface area contributed by atoms with Gasteiger partial charge in [0.05, 0.1) is 19.2 Å². The number of carbonyl (C=O) groups is 2. The van der Waals surface area contributed by atoms with Crippen LogP contribution in [0, 0.1) is 11.3 Å². The molecule has 0 rings (SSSR count). The molecular formula is C7H11N3O3. The van der Waals surface area contributed by atoms with Crippen molar-refractivity contribution in [1.82, 2.24) is 10.2 Å². The molecule has 0 radical (unpaired) electrons. The predicted octanol–water partition coefficient (Wildman–Crippen LogP) is -1.36. The van der Waals surface area contributed by atoms with Gasteiger partial charge < -0.3 is 10.4 Å². The molecule has 0 heterocycles. The second kappa shape index (κ2) is 5.97. The average molecular weight is 185 g/mol. The number of nitriles is 1. The third-order valence-electron chi connectivity index (χ3n) is 1.18. The molecule has 0 aromatic carbocycles. The van der Waals surface area contributed by atoms with Crippen molar-refractivity contribution in [1.29, 1.82) is 5.26 Å². The molecule has 0 atom stereocenters. The molecule has 0 unspecified atom stereocenters. The molecule has 0 fully saturated rings. The van der Waals surface area contributed by atoms with Gasteiger partial charge in [0.25, 0.3) is 0 Å². The van der Waals surface area contributed by atoms with Crippen LogP contribution in [0.5, 0.6) is 0 Å². The number of hydrogen-bond acceptors (Lipinski definition) is 4. The number of carbonyl (C=O) groups excluding carboxylic acids is 1. The lowest BCUT2D eigenvalue weighted by Crippen LogP contribution is -2.37. The van der Waals surface area contributed by atoms with Crippen LogP contribution >= 0.6 is 0 Å². The largest absolute Gasteiger partial charge is 0.480 e. The minimum atomic E-state index is -0.990. The van der Waals surface area contributed by atoms with E-state index in [4.69, 9.17) is 10.4 Å². The first-order valence-electron chi connectivity index (χ1n) is 3.60. The number of hydrogen-bond donors (Lipinski definition) is 2. The number of nitrogens with one attached hydrogen (secondary N) is 1. The zero-order chi connectivity index (χ0) is 10.3. The summed E-state index contributed by atoms with van der Waals surface area (Å²) in [5, 5.41) is 18.8. The number of carboxylic acid groups (broad SMARTS) is 1. The molecule has 13 heavy (non-hydrogen) atoms. The molecule has 0 bridgehead atoms. The highest BCUT2D eigenvalue weighted by Crippen LogP contribution is 1.81. The molecule has 0 aromatic heterocycles. The summed E-state index contributed by atoms with van der Waals surface area (Å²) in [6.07, 6.45) is 0. The zero-order valence-electron chi connectivity index (χ0n) is 7.28. The third kappa shape index (κ3) is 6.77. The van der Waals surface area contributed by atoms with Crippen molar-refractivity contribution in [2.75, 3.05) is 26.7 Å². The van der Waals surface area contributed by atoms with Gasteiger partial charge >= 0.3 is 5.97 Å². The van der Waals surface area contributed by atoms with Gasteiger partial charge in [0.1, 0.15) is 6.54 Å². The Bertz CT molecular complexity index is 234. The topological polar surface area (TPSA) is 93.4 Å². The van der Waals surface area contributed by atoms with Gasteiger partial charge in [-0.3, -0.25) is 14.5 Å². The van der Waals surface area contributed by atoms with Crippen LogP contribution in [0.1, 0.15) is 0 Å². The summed E-state index contributed by atoms with van der Waals surface area (Å²) in [5.41, 5.74) is 0. The van der Waals surface area contributed by atoms with E-state index in [1.807, 2.05) is 0 Å². The van der Waals surface area contributed by atoms with Crippen LogP contribution < -0.4 is 5.32 Å². The van der Waals surface area contributed by atoms with Gasteiger partial charge in [-0.05, 0) is 7.05 Å². The Labute approximate surface area is 75.7 Å². The maximum Gasteiger partial charge on any atom is 0.317 e. The molecule has 0 saturated heterocycles. The first-order valence-corrected chi connectivity index (χ1v) is 3.60. The fraction of sp³-hybridized carbons (Fsp3) is 0.571. The van der Waals surface area contributed by atoms with Crippen LogP contribution in [-0.2, 0) is 9.59 Å². The van der Waals surface area contributed by atoms with Crippen molar-refractivity contribution in [2.24, 2.45) is 0 Å². The van der Waals surface area contributed by atoms with E-state index < -0.39 is 5.97 Å². The summed E-state index contributed by atoms with van der Waals surface area (Å²) >= 11 is 0. The van der Waals surface area contributed by atoms with E-state index in [0.717, 1.165) is 0 Å². The van der Waals surface area contributed by atoms with E-state index in [1.165, 1.54) is 11.9 Å². The first kappa shape index (κ1) is 11.4. The first-order chi connectivity index (χ1) is 6.06. The van der Waals surface area contributed by atoms with E-state index in [9.17, 15) is 9.59 Å². The maximum absolute atomic E-state index is 10.9. The summed E-state index contributed by atoms with van der Waals surface area (Å²) < 4.78 is 0. The summed E-state index contributed by atoms with van der Waals surface area (Å²) in [6.45, 7) is -0.270. The molecule has 1 amide bonds. The highest BCUT2D eigenvalue weighted by atomic mass is 16.4. The number of likely N-dealkylation sites (N-methyl/N-ethyl adjacent to an activating group) is 1. The Morgan fingerprint density at radius 1 is 1.54 bits per heavy atom. The number of amides is 1. The fourth-order valence-corrected chi connectivity index (χ4v) is 0.726. The lowest BCUT2D eigenvalue weighted by Gasteiger charge is -2.12. The highest BCUT2D eigenvalue weighted by molar-refractivity contribution is 5.79. The molecule has 0 aliphatic heterocycles. The monoisotopic (exact) mass is 185 g/mol. The molecule has 0 aliphatic rings. The van der Waals surface area contributed by atoms with Crippen LogP contribution in [0.15, 0.2) is 0 Å². The van der Waals surface area contributed by atoms with Gasteiger partial charge in [-0.15, -0.1) is 0 Å². The van der Waals surface area contributed by atoms with Crippen molar-refractivity contribution in [3.8, 4) is 6.07 Å². The summed E-state index contributed by atoms with van der Waals surface area (Å²) in [7, 11) is 1.51. The van der Waals surface area contributed by atoms with Gasteiger partial charge in [0.15, 0.2) is 0 Å². The fourth-order valence-electron chi connectivity index (χ4n) is 0.726. The second-order valence-electron chi connectivity index (χ2n) is 2.50. The molecule has 72 valence electrons. The smallest absolute Gasteiger partial charge is 0.317 e. The standard InChI is InChI=1S/C7H11N3O3/c1-10(5-7(12)13)4-6(11)9-3-2-8/h3-5H2,1H3,(H,9,11)(H,12,13). The molecule has 2 N–H and O–H groups in total. The Balaban J connectivity index is 3.66. The summed E-state index contributed by atoms with van der Waals surface area (Å²) in [4.78, 5) is 22.4. The van der Waals surface area contributed by atoms with Crippen molar-refractivity contribution in [3.05, 3.63) is 0 Å². The Kier molecular flexibility index (Phi) is 5.23. The lowest BCUT2D eigenvalue weighted by molar-refractivity contribution is -0.138. The summed E-state index contributed by atoms with van der Waals surface area (Å²) in [5.74, 6) is -1.35. The van der Waals surface area contributed by atoms with Crippen LogP contribution in [-0.4, -0.2) is 48.6 Å². The van der Waals surface area contributed by atoms with Gasteiger partial charge in [0, 0.05) is 0 Å². The van der Waals surface area contributed by atoms with Crippen molar-refractivity contribution >= 4 is 11.9 Å². The molecule has 6 nitrogen and oxygen atoms in total. The highest BCUT2D eigenvalue weighted by Gasteiger charge is 2.08. The zero-order valence-corrected chi connectivity index (χ0v) is 7.28. The van der Waals surface area contributed by atoms with Crippen LogP contribution in [0.3, 0.4) is 0 Å². The lowest BCUT2D eigenvalue weighted by atomic mass is 10.5. The van der Waals surface area contributed by atoms with Crippen molar-refractivity contribution in [2.45, 2.75) is 0 Å². The molecule has 0 spiro atoms. The van der Waals surface area contributed by atoms with Crippen molar-refractivity contribution < 1.29 is 14.7 Å². The Morgan fingerprint density at radius 2 is 2.15 bits per heavy atom. The van der Waals surface area contributed by atoms with Gasteiger partial charge in [-0.2, -0.15) is 5.26 Å². The minimum absolute atomic E-state index is 0.0199. The number of nitrogens with zero attached hydrogens (tertiary/aromatic N) is 2. The van der Waals surface area contributed by atoms with Gasteiger partial charge in [0.2, 0.25) is 5.91 Å². The predicted molar refractivity (Wildman–Crippen MR) is 43.8 cm³/mol. The number of rotatable bonds is 5. The van der Waals surface area contributed by atoms with E-state index in [2.05, 4.69) is 5.32 Å². The van der Waals surface area contributed by atoms with Crippen LogP contribution in [0.4, 0.5) is 0 Å². The van der Waals surface area contributed by atoms with E-state index in [1.54, 1.807) is 6.07 Å². The molecule has 0 saturated carbocycles. The Hall–Kier alpha value is -1.61. The number of carboxylic acids is 1. The molecule has 6 heteroatoms. The third-order valence-corrected chi connectivity index (χ3v) is 1.18. The van der Waals surface area contributed by atoms with E-state index in [0.29, 0.717) is 0 Å². The minimum Gasteiger partial charge on any atom is -0.480 e. The van der Waals surface area contributed by atoms with Crippen molar-refractivity contribution in [3.63, 3.8) is 0 Å². The normalized spacial score (nSPS) is 9.31. The Morgan fingerprint density at radius 3 is 2.62 bits per heavy atom. The van der Waals surface area contributed by atoms with Crippen LogP contribution in [0.2, 0.25) is 0 Å². The maximum atomic E-state index is 10.9. The number of aliphatic carboxylic acids is 1. The van der Waals surface area contributed by atoms with Crippen LogP contribution in [0.25, 0.3) is 0 Å². The summed E-state index contributed by atoms with van der Waals surface area (Å²) in [6, 6.07) is 1.75. The molecular weight excluding hydrogens is 174 g/mol. The van der Waals surface area contributed by atoms with E-state index >= 15 is 0 Å². The van der Waals surface area contributed by atoms with E-state index in [-0.39, 0.29) is 25.5 Å². The SMILES string of the molecule is CN(CC(=O)O)CC(=O)NCC#N. The molecule has 0 aliphatic carbocycles. The quantitative estimate of drug-likeness (QED) is 0.516. The average Bonchev–Trinajstić information content (AvgIpc) is 1.98. The molecule has 0 aromatic rings. The second-order valence-corrected chi connectivity index (χ2v) is 2.50. The van der Waals surface area contributed by atoms with Gasteiger partial charge in [-0.25, -0.2) is 0 Å². The van der Waals surface area contributed by atoms with Gasteiger partial charge in [-0.1, -0.05) is 0 Å².